The number of benzene rings is 2. The van der Waals surface area contributed by atoms with E-state index in [1.54, 1.807) is 12.1 Å². The summed E-state index contributed by atoms with van der Waals surface area (Å²) < 4.78 is 16.2. The van der Waals surface area contributed by atoms with Crippen LogP contribution in [0.15, 0.2) is 46.9 Å². The maximum Gasteiger partial charge on any atom is 0.338 e. The van der Waals surface area contributed by atoms with Crippen molar-refractivity contribution in [2.24, 2.45) is 0 Å². The van der Waals surface area contributed by atoms with Crippen LogP contribution in [0.25, 0.3) is 0 Å². The van der Waals surface area contributed by atoms with Crippen LogP contribution in [0.5, 0.6) is 11.5 Å². The molecule has 0 saturated carbocycles. The lowest BCUT2D eigenvalue weighted by Crippen LogP contribution is -2.28. The summed E-state index contributed by atoms with van der Waals surface area (Å²) in [5.41, 5.74) is 1.21. The lowest BCUT2D eigenvalue weighted by molar-refractivity contribution is -0.124. The number of esters is 1. The second kappa shape index (κ2) is 9.08. The quantitative estimate of drug-likeness (QED) is 0.714. The molecule has 7 heteroatoms. The summed E-state index contributed by atoms with van der Waals surface area (Å²) in [4.78, 5) is 23.9. The van der Waals surface area contributed by atoms with Gasteiger partial charge in [0.25, 0.3) is 5.91 Å². The number of carbonyl (C=O) groups is 2. The van der Waals surface area contributed by atoms with E-state index in [9.17, 15) is 9.59 Å². The van der Waals surface area contributed by atoms with Gasteiger partial charge in [-0.3, -0.25) is 4.79 Å². The highest BCUT2D eigenvalue weighted by molar-refractivity contribution is 9.10. The Morgan fingerprint density at radius 2 is 1.76 bits per heavy atom. The van der Waals surface area contributed by atoms with Gasteiger partial charge >= 0.3 is 5.97 Å². The Morgan fingerprint density at radius 3 is 2.44 bits per heavy atom. The Hall–Kier alpha value is -2.54. The molecule has 6 nitrogen and oxygen atoms in total. The molecule has 0 aliphatic rings. The largest absolute Gasteiger partial charge is 0.493 e. The molecule has 2 aromatic carbocycles. The van der Waals surface area contributed by atoms with Crippen LogP contribution in [0.2, 0.25) is 0 Å². The average molecular weight is 408 g/mol. The molecular formula is C18H18BrNO5. The number of hydrogen-bond acceptors (Lipinski definition) is 5. The molecule has 2 rings (SSSR count). The Labute approximate surface area is 154 Å². The van der Waals surface area contributed by atoms with E-state index in [0.717, 1.165) is 10.0 Å². The number of carbonyl (C=O) groups excluding carboxylic acids is 2. The van der Waals surface area contributed by atoms with Crippen molar-refractivity contribution in [3.8, 4) is 11.5 Å². The molecular weight excluding hydrogens is 390 g/mol. The minimum Gasteiger partial charge on any atom is -0.493 e. The van der Waals surface area contributed by atoms with Gasteiger partial charge in [0.1, 0.15) is 0 Å². The van der Waals surface area contributed by atoms with Gasteiger partial charge in [-0.1, -0.05) is 34.1 Å². The Kier molecular flexibility index (Phi) is 6.82. The Bertz CT molecular complexity index is 763. The average Bonchev–Trinajstić information content (AvgIpc) is 2.64. The van der Waals surface area contributed by atoms with Gasteiger partial charge in [-0.05, 0) is 29.8 Å². The second-order valence-electron chi connectivity index (χ2n) is 5.01. The highest BCUT2D eigenvalue weighted by Gasteiger charge is 2.13. The molecule has 0 unspecified atom stereocenters. The van der Waals surface area contributed by atoms with Gasteiger partial charge in [-0.15, -0.1) is 0 Å². The van der Waals surface area contributed by atoms with Crippen molar-refractivity contribution in [1.82, 2.24) is 5.32 Å². The van der Waals surface area contributed by atoms with Crippen molar-refractivity contribution in [1.29, 1.82) is 0 Å². The molecule has 2 aromatic rings. The van der Waals surface area contributed by atoms with Crippen molar-refractivity contribution < 1.29 is 23.8 Å². The summed E-state index contributed by atoms with van der Waals surface area (Å²) in [6.45, 7) is -0.0220. The Morgan fingerprint density at radius 1 is 1.04 bits per heavy atom. The van der Waals surface area contributed by atoms with E-state index in [0.29, 0.717) is 18.0 Å². The molecule has 0 saturated heterocycles. The lowest BCUT2D eigenvalue weighted by Gasteiger charge is -2.10. The van der Waals surface area contributed by atoms with Crippen molar-refractivity contribution in [2.75, 3.05) is 20.8 Å². The van der Waals surface area contributed by atoms with E-state index in [4.69, 9.17) is 14.2 Å². The molecule has 0 bridgehead atoms. The van der Waals surface area contributed by atoms with Gasteiger partial charge in [0.05, 0.1) is 19.8 Å². The first-order valence-electron chi connectivity index (χ1n) is 7.44. The first-order chi connectivity index (χ1) is 12.0. The fraction of sp³-hybridized carbons (Fsp3) is 0.222. The van der Waals surface area contributed by atoms with Crippen LogP contribution >= 0.6 is 15.9 Å². The number of nitrogens with one attached hydrogen (secondary N) is 1. The summed E-state index contributed by atoms with van der Waals surface area (Å²) in [6, 6.07) is 12.2. The van der Waals surface area contributed by atoms with Crippen molar-refractivity contribution in [3.05, 3.63) is 58.1 Å². The smallest absolute Gasteiger partial charge is 0.338 e. The predicted molar refractivity (Wildman–Crippen MR) is 95.8 cm³/mol. The fourth-order valence-corrected chi connectivity index (χ4v) is 2.49. The normalized spacial score (nSPS) is 10.0. The van der Waals surface area contributed by atoms with Gasteiger partial charge in [-0.2, -0.15) is 0 Å². The molecule has 0 fully saturated rings. The zero-order valence-electron chi connectivity index (χ0n) is 13.9. The molecule has 0 aliphatic heterocycles. The van der Waals surface area contributed by atoms with Gasteiger partial charge in [0.2, 0.25) is 0 Å². The monoisotopic (exact) mass is 407 g/mol. The standard InChI is InChI=1S/C18H18BrNO5/c1-23-15-8-7-12(9-16(15)24-2)18(22)25-11-17(21)20-10-13-5-3-4-6-14(13)19/h3-9H,10-11H2,1-2H3,(H,20,21). The van der Waals surface area contributed by atoms with E-state index in [-0.39, 0.29) is 18.1 Å². The van der Waals surface area contributed by atoms with Crippen LogP contribution in [-0.2, 0) is 16.1 Å². The predicted octanol–water partition coefficient (Wildman–Crippen LogP) is 2.94. The third-order valence-corrected chi connectivity index (χ3v) is 4.16. The molecule has 1 N–H and O–H groups in total. The van der Waals surface area contributed by atoms with Crippen LogP contribution < -0.4 is 14.8 Å². The van der Waals surface area contributed by atoms with Crippen LogP contribution in [0.1, 0.15) is 15.9 Å². The molecule has 0 radical (unpaired) electrons. The number of methoxy groups -OCH3 is 2. The number of rotatable bonds is 7. The highest BCUT2D eigenvalue weighted by atomic mass is 79.9. The van der Waals surface area contributed by atoms with E-state index in [1.165, 1.54) is 20.3 Å². The zero-order chi connectivity index (χ0) is 18.2. The van der Waals surface area contributed by atoms with Gasteiger partial charge in [-0.25, -0.2) is 4.79 Å². The minimum atomic E-state index is -0.614. The molecule has 0 atom stereocenters. The highest BCUT2D eigenvalue weighted by Crippen LogP contribution is 2.27. The van der Waals surface area contributed by atoms with Gasteiger partial charge in [0.15, 0.2) is 18.1 Å². The summed E-state index contributed by atoms with van der Waals surface area (Å²) >= 11 is 3.41. The van der Waals surface area contributed by atoms with Crippen LogP contribution in [0.4, 0.5) is 0 Å². The second-order valence-corrected chi connectivity index (χ2v) is 5.87. The van der Waals surface area contributed by atoms with Crippen molar-refractivity contribution in [2.45, 2.75) is 6.54 Å². The molecule has 0 aliphatic carbocycles. The molecule has 0 spiro atoms. The molecule has 0 heterocycles. The zero-order valence-corrected chi connectivity index (χ0v) is 15.5. The summed E-state index contributed by atoms with van der Waals surface area (Å²) in [6.07, 6.45) is 0. The third kappa shape index (κ3) is 5.22. The van der Waals surface area contributed by atoms with E-state index >= 15 is 0 Å². The maximum atomic E-state index is 12.0. The van der Waals surface area contributed by atoms with Crippen LogP contribution in [-0.4, -0.2) is 32.7 Å². The van der Waals surface area contributed by atoms with E-state index in [2.05, 4.69) is 21.2 Å². The van der Waals surface area contributed by atoms with E-state index < -0.39 is 5.97 Å². The fourth-order valence-electron chi connectivity index (χ4n) is 2.06. The SMILES string of the molecule is COc1ccc(C(=O)OCC(=O)NCc2ccccc2Br)cc1OC. The van der Waals surface area contributed by atoms with Crippen LogP contribution in [0, 0.1) is 0 Å². The lowest BCUT2D eigenvalue weighted by atomic mass is 10.2. The third-order valence-electron chi connectivity index (χ3n) is 3.39. The number of amides is 1. The first-order valence-corrected chi connectivity index (χ1v) is 8.23. The van der Waals surface area contributed by atoms with E-state index in [1.807, 2.05) is 24.3 Å². The minimum absolute atomic E-state index is 0.274. The van der Waals surface area contributed by atoms with Crippen molar-refractivity contribution in [3.63, 3.8) is 0 Å². The number of halogens is 1. The molecule has 132 valence electrons. The van der Waals surface area contributed by atoms with Gasteiger partial charge in [0, 0.05) is 11.0 Å². The van der Waals surface area contributed by atoms with Crippen molar-refractivity contribution >= 4 is 27.8 Å². The summed E-state index contributed by atoms with van der Waals surface area (Å²) in [5, 5.41) is 2.70. The summed E-state index contributed by atoms with van der Waals surface area (Å²) in [7, 11) is 2.98. The topological polar surface area (TPSA) is 73.9 Å². The molecule has 0 aromatic heterocycles. The molecule has 1 amide bonds. The number of hydrogen-bond donors (Lipinski definition) is 1. The number of ether oxygens (including phenoxy) is 3. The Balaban J connectivity index is 1.87. The first kappa shape index (κ1) is 18.8. The van der Waals surface area contributed by atoms with Crippen LogP contribution in [0.3, 0.4) is 0 Å². The maximum absolute atomic E-state index is 12.0. The molecule has 25 heavy (non-hydrogen) atoms. The summed E-state index contributed by atoms with van der Waals surface area (Å²) in [5.74, 6) is -0.0814. The van der Waals surface area contributed by atoms with Gasteiger partial charge < -0.3 is 19.5 Å².